The summed E-state index contributed by atoms with van der Waals surface area (Å²) in [4.78, 5) is 11.1. The van der Waals surface area contributed by atoms with E-state index in [0.29, 0.717) is 16.9 Å². The third-order valence-electron chi connectivity index (χ3n) is 2.04. The Kier molecular flexibility index (Phi) is 2.66. The van der Waals surface area contributed by atoms with E-state index in [1.807, 2.05) is 0 Å². The molecule has 72 valence electrons. The molecule has 1 unspecified atom stereocenters. The molecule has 2 heterocycles. The second-order valence-corrected chi connectivity index (χ2v) is 4.55. The van der Waals surface area contributed by atoms with Crippen LogP contribution in [-0.4, -0.2) is 23.0 Å². The monoisotopic (exact) mass is 220 g/mol. The van der Waals surface area contributed by atoms with Crippen molar-refractivity contribution in [3.05, 3.63) is 14.1 Å². The Morgan fingerprint density at radius 2 is 2.62 bits per heavy atom. The minimum absolute atomic E-state index is 0.0862. The fourth-order valence-corrected chi connectivity index (χ4v) is 2.16. The fraction of sp³-hybridized carbons (Fsp3) is 0.714. The average molecular weight is 221 g/mol. The van der Waals surface area contributed by atoms with Crippen molar-refractivity contribution in [1.82, 2.24) is 9.78 Å². The number of halogens is 1. The summed E-state index contributed by atoms with van der Waals surface area (Å²) in [7, 11) is 0. The maximum atomic E-state index is 11.2. The lowest BCUT2D eigenvalue weighted by Gasteiger charge is -2.04. The molecule has 1 aromatic rings. The molecule has 1 fully saturated rings. The second-order valence-electron chi connectivity index (χ2n) is 3.03. The highest BCUT2D eigenvalue weighted by Gasteiger charge is 2.17. The van der Waals surface area contributed by atoms with Crippen LogP contribution in [0.4, 0.5) is 0 Å². The van der Waals surface area contributed by atoms with E-state index in [-0.39, 0.29) is 4.87 Å². The maximum Gasteiger partial charge on any atom is 0.326 e. The molecule has 2 rings (SSSR count). The SMILES string of the molecule is O=c1sc(Cl)nn1CC1CCOC1. The molecule has 1 aliphatic rings. The highest BCUT2D eigenvalue weighted by atomic mass is 35.5. The van der Waals surface area contributed by atoms with Crippen LogP contribution >= 0.6 is 22.9 Å². The van der Waals surface area contributed by atoms with Gasteiger partial charge in [-0.2, -0.15) is 0 Å². The Morgan fingerprint density at radius 1 is 1.77 bits per heavy atom. The summed E-state index contributed by atoms with van der Waals surface area (Å²) < 4.78 is 6.94. The van der Waals surface area contributed by atoms with Gasteiger partial charge >= 0.3 is 4.87 Å². The molecule has 0 aromatic carbocycles. The number of ether oxygens (including phenoxy) is 1. The van der Waals surface area contributed by atoms with E-state index in [1.54, 1.807) is 0 Å². The maximum absolute atomic E-state index is 11.2. The minimum atomic E-state index is -0.0862. The van der Waals surface area contributed by atoms with Crippen LogP contribution in [0.1, 0.15) is 6.42 Å². The summed E-state index contributed by atoms with van der Waals surface area (Å²) in [5.41, 5.74) is 0. The van der Waals surface area contributed by atoms with Crippen molar-refractivity contribution in [3.8, 4) is 0 Å². The van der Waals surface area contributed by atoms with Gasteiger partial charge in [0.25, 0.3) is 0 Å². The van der Waals surface area contributed by atoms with Gasteiger partial charge in [0.1, 0.15) is 0 Å². The van der Waals surface area contributed by atoms with E-state index >= 15 is 0 Å². The van der Waals surface area contributed by atoms with Crippen molar-refractivity contribution in [2.75, 3.05) is 13.2 Å². The predicted molar refractivity (Wildman–Crippen MR) is 50.3 cm³/mol. The zero-order valence-corrected chi connectivity index (χ0v) is 8.48. The largest absolute Gasteiger partial charge is 0.381 e. The van der Waals surface area contributed by atoms with Crippen LogP contribution in [0, 0.1) is 5.92 Å². The van der Waals surface area contributed by atoms with Crippen LogP contribution in [0.25, 0.3) is 0 Å². The van der Waals surface area contributed by atoms with E-state index in [0.717, 1.165) is 31.0 Å². The van der Waals surface area contributed by atoms with Crippen molar-refractivity contribution >= 4 is 22.9 Å². The van der Waals surface area contributed by atoms with Crippen molar-refractivity contribution in [2.45, 2.75) is 13.0 Å². The Morgan fingerprint density at radius 3 is 3.15 bits per heavy atom. The van der Waals surface area contributed by atoms with Gasteiger partial charge in [0, 0.05) is 12.5 Å². The van der Waals surface area contributed by atoms with Gasteiger partial charge in [0.05, 0.1) is 13.2 Å². The molecule has 0 aliphatic carbocycles. The number of aromatic nitrogens is 2. The van der Waals surface area contributed by atoms with Gasteiger partial charge in [-0.25, -0.2) is 4.68 Å². The van der Waals surface area contributed by atoms with Crippen LogP contribution in [0.3, 0.4) is 0 Å². The topological polar surface area (TPSA) is 44.1 Å². The molecular weight excluding hydrogens is 212 g/mol. The van der Waals surface area contributed by atoms with Gasteiger partial charge in [-0.15, -0.1) is 5.10 Å². The summed E-state index contributed by atoms with van der Waals surface area (Å²) >= 11 is 6.58. The minimum Gasteiger partial charge on any atom is -0.381 e. The van der Waals surface area contributed by atoms with E-state index < -0.39 is 0 Å². The van der Waals surface area contributed by atoms with Crippen molar-refractivity contribution in [1.29, 1.82) is 0 Å². The molecule has 0 radical (unpaired) electrons. The molecule has 6 heteroatoms. The van der Waals surface area contributed by atoms with E-state index in [9.17, 15) is 4.79 Å². The standard InChI is InChI=1S/C7H9ClN2O2S/c8-6-9-10(7(11)13-6)3-5-1-2-12-4-5/h5H,1-4H2. The first kappa shape index (κ1) is 9.18. The van der Waals surface area contributed by atoms with Gasteiger partial charge in [-0.3, -0.25) is 4.79 Å². The summed E-state index contributed by atoms with van der Waals surface area (Å²) in [5, 5.41) is 3.91. The van der Waals surface area contributed by atoms with E-state index in [2.05, 4.69) is 5.10 Å². The highest BCUT2D eigenvalue weighted by Crippen LogP contribution is 2.14. The van der Waals surface area contributed by atoms with Crippen LogP contribution in [0.5, 0.6) is 0 Å². The van der Waals surface area contributed by atoms with Crippen LogP contribution in [0.15, 0.2) is 4.79 Å². The summed E-state index contributed by atoms with van der Waals surface area (Å²) in [6.45, 7) is 2.14. The molecule has 1 aliphatic heterocycles. The molecule has 1 saturated heterocycles. The van der Waals surface area contributed by atoms with Gasteiger partial charge < -0.3 is 4.74 Å². The first-order valence-electron chi connectivity index (χ1n) is 4.07. The quantitative estimate of drug-likeness (QED) is 0.747. The third-order valence-corrected chi connectivity index (χ3v) is 2.98. The summed E-state index contributed by atoms with van der Waals surface area (Å²) in [6, 6.07) is 0. The summed E-state index contributed by atoms with van der Waals surface area (Å²) in [5.74, 6) is 0.413. The molecule has 4 nitrogen and oxygen atoms in total. The average Bonchev–Trinajstić information content (AvgIpc) is 2.63. The zero-order chi connectivity index (χ0) is 9.26. The normalized spacial score (nSPS) is 22.4. The van der Waals surface area contributed by atoms with Crippen molar-refractivity contribution in [3.63, 3.8) is 0 Å². The second kappa shape index (κ2) is 3.77. The summed E-state index contributed by atoms with van der Waals surface area (Å²) in [6.07, 6.45) is 1.00. The Bertz CT molecular complexity index is 343. The molecule has 13 heavy (non-hydrogen) atoms. The molecule has 0 N–H and O–H groups in total. The fourth-order valence-electron chi connectivity index (χ4n) is 1.37. The lowest BCUT2D eigenvalue weighted by Crippen LogP contribution is -2.20. The Hall–Kier alpha value is -0.390. The number of rotatable bonds is 2. The molecule has 0 bridgehead atoms. The van der Waals surface area contributed by atoms with Crippen LogP contribution in [0.2, 0.25) is 4.47 Å². The number of hydrogen-bond acceptors (Lipinski definition) is 4. The Balaban J connectivity index is 2.08. The lowest BCUT2D eigenvalue weighted by atomic mass is 10.1. The third kappa shape index (κ3) is 2.10. The van der Waals surface area contributed by atoms with Crippen molar-refractivity contribution < 1.29 is 4.74 Å². The predicted octanol–water partition coefficient (Wildman–Crippen LogP) is 0.995. The van der Waals surface area contributed by atoms with Crippen molar-refractivity contribution in [2.24, 2.45) is 5.92 Å². The van der Waals surface area contributed by atoms with E-state index in [4.69, 9.17) is 16.3 Å². The van der Waals surface area contributed by atoms with Gasteiger partial charge in [-0.05, 0) is 29.4 Å². The van der Waals surface area contributed by atoms with E-state index in [1.165, 1.54) is 4.68 Å². The lowest BCUT2D eigenvalue weighted by molar-refractivity contribution is 0.181. The van der Waals surface area contributed by atoms with Crippen LogP contribution in [-0.2, 0) is 11.3 Å². The highest BCUT2D eigenvalue weighted by molar-refractivity contribution is 7.13. The molecule has 0 spiro atoms. The first-order valence-corrected chi connectivity index (χ1v) is 5.26. The zero-order valence-electron chi connectivity index (χ0n) is 6.90. The number of hydrogen-bond donors (Lipinski definition) is 0. The molecule has 1 aromatic heterocycles. The van der Waals surface area contributed by atoms with Gasteiger partial charge in [0.15, 0.2) is 0 Å². The molecular formula is C7H9ClN2O2S. The molecule has 0 saturated carbocycles. The molecule has 1 atom stereocenters. The van der Waals surface area contributed by atoms with Gasteiger partial charge in [0.2, 0.25) is 4.47 Å². The Labute approximate surface area is 84.1 Å². The van der Waals surface area contributed by atoms with Crippen LogP contribution < -0.4 is 4.87 Å². The number of nitrogens with zero attached hydrogens (tertiary/aromatic N) is 2. The smallest absolute Gasteiger partial charge is 0.326 e. The van der Waals surface area contributed by atoms with Gasteiger partial charge in [-0.1, -0.05) is 0 Å². The first-order chi connectivity index (χ1) is 6.25. The molecule has 0 amide bonds.